The Kier molecular flexibility index (Phi) is 2.83. The Morgan fingerprint density at radius 3 is 2.70 bits per heavy atom. The first kappa shape index (κ1) is 12.7. The Morgan fingerprint density at radius 2 is 1.95 bits per heavy atom. The van der Waals surface area contributed by atoms with Crippen LogP contribution in [0.25, 0.3) is 0 Å². The fraction of sp³-hybridized carbons (Fsp3) is 0.875. The summed E-state index contributed by atoms with van der Waals surface area (Å²) in [6, 6.07) is 0. The number of hydrogen-bond acceptors (Lipinski definition) is 4. The summed E-state index contributed by atoms with van der Waals surface area (Å²) in [7, 11) is 0. The van der Waals surface area contributed by atoms with Crippen molar-refractivity contribution in [3.05, 3.63) is 0 Å². The Morgan fingerprint density at radius 1 is 1.20 bits per heavy atom. The molecule has 0 N–H and O–H groups in total. The Labute approximate surface area is 119 Å². The maximum atomic E-state index is 12.6. The van der Waals surface area contributed by atoms with E-state index < -0.39 is 0 Å². The lowest BCUT2D eigenvalue weighted by atomic mass is 9.75. The SMILES string of the molecule is CC1C2CC3C1OC(=O)C3C2C(=O)OC1CCCCC1. The number of rotatable bonds is 2. The smallest absolute Gasteiger partial charge is 0.310 e. The zero-order valence-electron chi connectivity index (χ0n) is 11.9. The Balaban J connectivity index is 1.50. The van der Waals surface area contributed by atoms with Crippen LogP contribution in [0.15, 0.2) is 0 Å². The predicted molar refractivity (Wildman–Crippen MR) is 70.6 cm³/mol. The zero-order chi connectivity index (χ0) is 13.9. The minimum Gasteiger partial charge on any atom is -0.462 e. The Hall–Kier alpha value is -1.06. The van der Waals surface area contributed by atoms with E-state index in [0.29, 0.717) is 5.92 Å². The first-order valence-electron chi connectivity index (χ1n) is 8.08. The van der Waals surface area contributed by atoms with Crippen molar-refractivity contribution in [1.82, 2.24) is 0 Å². The second-order valence-electron chi connectivity index (χ2n) is 7.07. The molecule has 110 valence electrons. The molecule has 6 atom stereocenters. The largest absolute Gasteiger partial charge is 0.462 e. The van der Waals surface area contributed by atoms with Gasteiger partial charge in [-0.05, 0) is 43.9 Å². The molecule has 1 heterocycles. The minimum atomic E-state index is -0.233. The van der Waals surface area contributed by atoms with Crippen LogP contribution in [0, 0.1) is 29.6 Å². The van der Waals surface area contributed by atoms with Crippen LogP contribution in [-0.4, -0.2) is 24.1 Å². The van der Waals surface area contributed by atoms with Crippen molar-refractivity contribution in [3.8, 4) is 0 Å². The van der Waals surface area contributed by atoms with Gasteiger partial charge in [0.2, 0.25) is 0 Å². The van der Waals surface area contributed by atoms with Crippen molar-refractivity contribution in [2.45, 2.75) is 57.7 Å². The van der Waals surface area contributed by atoms with Crippen molar-refractivity contribution in [1.29, 1.82) is 0 Å². The molecular formula is C16H22O4. The third-order valence-electron chi connectivity index (χ3n) is 6.10. The van der Waals surface area contributed by atoms with E-state index in [0.717, 1.165) is 32.1 Å². The molecule has 3 aliphatic carbocycles. The average Bonchev–Trinajstić information content (AvgIpc) is 3.04. The predicted octanol–water partition coefficient (Wildman–Crippen LogP) is 2.31. The number of fused-ring (bicyclic) bond motifs is 1. The summed E-state index contributed by atoms with van der Waals surface area (Å²) in [5.41, 5.74) is 0. The van der Waals surface area contributed by atoms with Gasteiger partial charge >= 0.3 is 11.9 Å². The number of carbonyl (C=O) groups is 2. The summed E-state index contributed by atoms with van der Waals surface area (Å²) >= 11 is 0. The Bertz CT molecular complexity index is 440. The van der Waals surface area contributed by atoms with E-state index >= 15 is 0 Å². The second kappa shape index (κ2) is 4.47. The van der Waals surface area contributed by atoms with Crippen LogP contribution in [0.5, 0.6) is 0 Å². The maximum Gasteiger partial charge on any atom is 0.310 e. The molecule has 4 nitrogen and oxygen atoms in total. The van der Waals surface area contributed by atoms with Crippen molar-refractivity contribution in [2.24, 2.45) is 29.6 Å². The van der Waals surface area contributed by atoms with Crippen LogP contribution in [0.2, 0.25) is 0 Å². The molecule has 4 fully saturated rings. The lowest BCUT2D eigenvalue weighted by molar-refractivity contribution is -0.161. The summed E-state index contributed by atoms with van der Waals surface area (Å²) in [6.07, 6.45) is 6.63. The highest BCUT2D eigenvalue weighted by Gasteiger charge is 2.67. The van der Waals surface area contributed by atoms with E-state index in [1.807, 2.05) is 0 Å². The molecule has 0 radical (unpaired) electrons. The first-order chi connectivity index (χ1) is 9.66. The minimum absolute atomic E-state index is 0.0660. The third-order valence-corrected chi connectivity index (χ3v) is 6.10. The number of ether oxygens (including phenoxy) is 2. The summed E-state index contributed by atoms with van der Waals surface area (Å²) in [5.74, 6) is 0.145. The fourth-order valence-electron chi connectivity index (χ4n) is 5.13. The average molecular weight is 278 g/mol. The van der Waals surface area contributed by atoms with Gasteiger partial charge < -0.3 is 9.47 Å². The van der Waals surface area contributed by atoms with Crippen LogP contribution in [0.1, 0.15) is 45.4 Å². The molecule has 1 saturated heterocycles. The van der Waals surface area contributed by atoms with E-state index in [9.17, 15) is 9.59 Å². The molecule has 3 saturated carbocycles. The van der Waals surface area contributed by atoms with E-state index in [1.54, 1.807) is 0 Å². The molecule has 0 aromatic rings. The van der Waals surface area contributed by atoms with Gasteiger partial charge in [0.1, 0.15) is 12.2 Å². The maximum absolute atomic E-state index is 12.6. The summed E-state index contributed by atoms with van der Waals surface area (Å²) in [5, 5.41) is 0. The molecule has 0 amide bonds. The van der Waals surface area contributed by atoms with Crippen LogP contribution in [-0.2, 0) is 19.1 Å². The highest BCUT2D eigenvalue weighted by Crippen LogP contribution is 2.60. The van der Waals surface area contributed by atoms with Gasteiger partial charge in [-0.3, -0.25) is 9.59 Å². The molecule has 4 aliphatic rings. The molecule has 6 unspecified atom stereocenters. The number of carbonyl (C=O) groups excluding carboxylic acids is 2. The van der Waals surface area contributed by atoms with Crippen molar-refractivity contribution >= 4 is 11.9 Å². The van der Waals surface area contributed by atoms with Crippen LogP contribution in [0.3, 0.4) is 0 Å². The first-order valence-corrected chi connectivity index (χ1v) is 8.08. The quantitative estimate of drug-likeness (QED) is 0.727. The monoisotopic (exact) mass is 278 g/mol. The number of hydrogen-bond donors (Lipinski definition) is 0. The van der Waals surface area contributed by atoms with E-state index in [-0.39, 0.29) is 47.8 Å². The van der Waals surface area contributed by atoms with Gasteiger partial charge in [-0.15, -0.1) is 0 Å². The third kappa shape index (κ3) is 1.66. The molecule has 1 aliphatic heterocycles. The van der Waals surface area contributed by atoms with Gasteiger partial charge in [0, 0.05) is 5.92 Å². The standard InChI is InChI=1S/C16H22O4/c1-8-10-7-11-13(16(18)20-14(8)11)12(10)15(17)19-9-5-3-2-4-6-9/h8-14H,2-7H2,1H3. The lowest BCUT2D eigenvalue weighted by Crippen LogP contribution is -2.39. The summed E-state index contributed by atoms with van der Waals surface area (Å²) < 4.78 is 11.2. The van der Waals surface area contributed by atoms with Crippen LogP contribution in [0.4, 0.5) is 0 Å². The molecule has 4 rings (SSSR count). The second-order valence-corrected chi connectivity index (χ2v) is 7.07. The van der Waals surface area contributed by atoms with Crippen molar-refractivity contribution < 1.29 is 19.1 Å². The van der Waals surface area contributed by atoms with Gasteiger partial charge in [0.25, 0.3) is 0 Å². The summed E-state index contributed by atoms with van der Waals surface area (Å²) in [4.78, 5) is 24.6. The molecule has 2 bridgehead atoms. The highest BCUT2D eigenvalue weighted by atomic mass is 16.6. The lowest BCUT2D eigenvalue weighted by Gasteiger charge is -2.30. The molecule has 0 aromatic heterocycles. The van der Waals surface area contributed by atoms with Gasteiger partial charge in [0.05, 0.1) is 11.8 Å². The van der Waals surface area contributed by atoms with E-state index in [2.05, 4.69) is 6.92 Å². The normalized spacial score (nSPS) is 46.5. The topological polar surface area (TPSA) is 52.6 Å². The van der Waals surface area contributed by atoms with E-state index in [1.165, 1.54) is 6.42 Å². The van der Waals surface area contributed by atoms with Crippen molar-refractivity contribution in [2.75, 3.05) is 0 Å². The van der Waals surface area contributed by atoms with Gasteiger partial charge in [-0.1, -0.05) is 13.3 Å². The summed E-state index contributed by atoms with van der Waals surface area (Å²) in [6.45, 7) is 2.12. The van der Waals surface area contributed by atoms with Crippen LogP contribution < -0.4 is 0 Å². The number of esters is 2. The molecule has 0 spiro atoms. The molecular weight excluding hydrogens is 256 g/mol. The van der Waals surface area contributed by atoms with E-state index in [4.69, 9.17) is 9.47 Å². The van der Waals surface area contributed by atoms with Crippen molar-refractivity contribution in [3.63, 3.8) is 0 Å². The molecule has 4 heteroatoms. The molecule has 0 aromatic carbocycles. The zero-order valence-corrected chi connectivity index (χ0v) is 11.9. The van der Waals surface area contributed by atoms with Gasteiger partial charge in [-0.25, -0.2) is 0 Å². The highest BCUT2D eigenvalue weighted by molar-refractivity contribution is 5.86. The van der Waals surface area contributed by atoms with Gasteiger partial charge in [-0.2, -0.15) is 0 Å². The van der Waals surface area contributed by atoms with Gasteiger partial charge in [0.15, 0.2) is 0 Å². The fourth-order valence-corrected chi connectivity index (χ4v) is 5.13. The molecule has 20 heavy (non-hydrogen) atoms. The van der Waals surface area contributed by atoms with Crippen LogP contribution >= 0.6 is 0 Å².